The molecule has 0 aromatic carbocycles. The topological polar surface area (TPSA) is 76.5 Å². The lowest BCUT2D eigenvalue weighted by molar-refractivity contribution is -0.277. The molecule has 2 heterocycles. The molecule has 0 aromatic heterocycles. The second-order valence-corrected chi connectivity index (χ2v) is 4.05. The fraction of sp³-hybridized carbons (Fsp3) is 1.00. The average molecular weight is 213 g/mol. The maximum absolute atomic E-state index is 8.52. The van der Waals surface area contributed by atoms with Crippen molar-refractivity contribution in [3.05, 3.63) is 10.4 Å². The summed E-state index contributed by atoms with van der Waals surface area (Å²) in [5.74, 6) is 0.187. The average Bonchev–Trinajstić information content (AvgIpc) is 2.23. The molecule has 6 nitrogen and oxygen atoms in total. The van der Waals surface area contributed by atoms with Gasteiger partial charge in [-0.1, -0.05) is 12.0 Å². The highest BCUT2D eigenvalue weighted by molar-refractivity contribution is 4.93. The van der Waals surface area contributed by atoms with E-state index in [2.05, 4.69) is 10.0 Å². The lowest BCUT2D eigenvalue weighted by atomic mass is 9.91. The fourth-order valence-electron chi connectivity index (χ4n) is 2.05. The molecule has 0 aliphatic carbocycles. The predicted octanol–water partition coefficient (Wildman–Crippen LogP) is 1.46. The monoisotopic (exact) mass is 213 g/mol. The molecule has 84 valence electrons. The van der Waals surface area contributed by atoms with Crippen LogP contribution in [0.4, 0.5) is 0 Å². The number of azide groups is 1. The molecule has 0 radical (unpaired) electrons. The van der Waals surface area contributed by atoms with Crippen LogP contribution in [0.15, 0.2) is 5.11 Å². The van der Waals surface area contributed by atoms with Crippen LogP contribution >= 0.6 is 0 Å². The van der Waals surface area contributed by atoms with Crippen molar-refractivity contribution in [3.8, 4) is 0 Å². The standard InChI is InChI=1S/C9H15N3O3/c1-5-3-14-7-4-13-6(2)15-9(7)8(5)11-12-10/h5-9H,3-4H2,1-2H3/t5?,6?,7?,8-,9-/m1/s1. The summed E-state index contributed by atoms with van der Waals surface area (Å²) < 4.78 is 16.5. The molecule has 3 unspecified atom stereocenters. The molecule has 0 saturated carbocycles. The van der Waals surface area contributed by atoms with Gasteiger partial charge < -0.3 is 14.2 Å². The van der Waals surface area contributed by atoms with E-state index in [4.69, 9.17) is 19.7 Å². The molecule has 0 amide bonds. The molecule has 0 bridgehead atoms. The van der Waals surface area contributed by atoms with Gasteiger partial charge in [-0.15, -0.1) is 0 Å². The van der Waals surface area contributed by atoms with Crippen LogP contribution in [0, 0.1) is 5.92 Å². The largest absolute Gasteiger partial charge is 0.373 e. The molecule has 0 N–H and O–H groups in total. The lowest BCUT2D eigenvalue weighted by Crippen LogP contribution is -2.55. The van der Waals surface area contributed by atoms with Crippen molar-refractivity contribution in [3.63, 3.8) is 0 Å². The van der Waals surface area contributed by atoms with Gasteiger partial charge in [0, 0.05) is 4.91 Å². The molecular weight excluding hydrogens is 198 g/mol. The van der Waals surface area contributed by atoms with Crippen molar-refractivity contribution in [2.24, 2.45) is 11.0 Å². The molecule has 2 fully saturated rings. The van der Waals surface area contributed by atoms with Crippen molar-refractivity contribution >= 4 is 0 Å². The minimum Gasteiger partial charge on any atom is -0.373 e. The smallest absolute Gasteiger partial charge is 0.155 e. The Balaban J connectivity index is 2.14. The zero-order valence-corrected chi connectivity index (χ0v) is 8.87. The molecule has 2 aliphatic rings. The molecule has 2 aliphatic heterocycles. The third kappa shape index (κ3) is 2.08. The summed E-state index contributed by atoms with van der Waals surface area (Å²) in [5.41, 5.74) is 8.52. The van der Waals surface area contributed by atoms with E-state index in [0.29, 0.717) is 13.2 Å². The van der Waals surface area contributed by atoms with E-state index in [1.54, 1.807) is 0 Å². The Bertz CT molecular complexity index is 278. The van der Waals surface area contributed by atoms with E-state index in [1.165, 1.54) is 0 Å². The van der Waals surface area contributed by atoms with Crippen molar-refractivity contribution in [1.29, 1.82) is 0 Å². The summed E-state index contributed by atoms with van der Waals surface area (Å²) in [4.78, 5) is 2.87. The summed E-state index contributed by atoms with van der Waals surface area (Å²) in [6.07, 6.45) is -0.530. The summed E-state index contributed by atoms with van der Waals surface area (Å²) in [6, 6.07) is -0.153. The van der Waals surface area contributed by atoms with Crippen molar-refractivity contribution < 1.29 is 14.2 Å². The van der Waals surface area contributed by atoms with Crippen molar-refractivity contribution in [2.45, 2.75) is 38.4 Å². The van der Waals surface area contributed by atoms with Gasteiger partial charge in [0.2, 0.25) is 0 Å². The first kappa shape index (κ1) is 10.7. The van der Waals surface area contributed by atoms with Crippen LogP contribution in [-0.4, -0.2) is 37.8 Å². The fourth-order valence-corrected chi connectivity index (χ4v) is 2.05. The summed E-state index contributed by atoms with van der Waals surface area (Å²) >= 11 is 0. The summed E-state index contributed by atoms with van der Waals surface area (Å²) in [7, 11) is 0. The SMILES string of the molecule is CC1OCC2OCC(C)[C@@H](N=[N+]=[N-])[C@@H]2O1. The van der Waals surface area contributed by atoms with Crippen molar-refractivity contribution in [2.75, 3.05) is 13.2 Å². The maximum Gasteiger partial charge on any atom is 0.155 e. The van der Waals surface area contributed by atoms with Crippen LogP contribution in [0.25, 0.3) is 10.4 Å². The van der Waals surface area contributed by atoms with E-state index >= 15 is 0 Å². The third-order valence-corrected chi connectivity index (χ3v) is 2.89. The van der Waals surface area contributed by atoms with Gasteiger partial charge in [-0.2, -0.15) is 0 Å². The Hall–Kier alpha value is -0.810. The molecule has 15 heavy (non-hydrogen) atoms. The highest BCUT2D eigenvalue weighted by Crippen LogP contribution is 2.29. The van der Waals surface area contributed by atoms with Gasteiger partial charge in [0.25, 0.3) is 0 Å². The third-order valence-electron chi connectivity index (χ3n) is 2.89. The highest BCUT2D eigenvalue weighted by atomic mass is 16.7. The predicted molar refractivity (Wildman–Crippen MR) is 52.1 cm³/mol. The maximum atomic E-state index is 8.52. The highest BCUT2D eigenvalue weighted by Gasteiger charge is 2.42. The zero-order chi connectivity index (χ0) is 10.8. The quantitative estimate of drug-likeness (QED) is 0.376. The van der Waals surface area contributed by atoms with Crippen LogP contribution in [0.1, 0.15) is 13.8 Å². The molecule has 5 atom stereocenters. The second-order valence-electron chi connectivity index (χ2n) is 4.05. The molecule has 0 spiro atoms. The van der Waals surface area contributed by atoms with Crippen molar-refractivity contribution in [1.82, 2.24) is 0 Å². The van der Waals surface area contributed by atoms with Gasteiger partial charge in [-0.05, 0) is 18.4 Å². The first-order valence-electron chi connectivity index (χ1n) is 5.15. The second kappa shape index (κ2) is 4.37. The van der Waals surface area contributed by atoms with Gasteiger partial charge in [-0.3, -0.25) is 0 Å². The molecule has 0 aromatic rings. The summed E-state index contributed by atoms with van der Waals surface area (Å²) in [6.45, 7) is 4.93. The number of fused-ring (bicyclic) bond motifs is 1. The number of nitrogens with zero attached hydrogens (tertiary/aromatic N) is 3. The van der Waals surface area contributed by atoms with E-state index < -0.39 is 0 Å². The van der Waals surface area contributed by atoms with Crippen LogP contribution in [0.2, 0.25) is 0 Å². The van der Waals surface area contributed by atoms with Gasteiger partial charge in [-0.25, -0.2) is 0 Å². The van der Waals surface area contributed by atoms with Gasteiger partial charge in [0.1, 0.15) is 6.10 Å². The normalized spacial score (nSPS) is 45.3. The van der Waals surface area contributed by atoms with E-state index in [9.17, 15) is 0 Å². The van der Waals surface area contributed by atoms with Crippen LogP contribution in [0.3, 0.4) is 0 Å². The Labute approximate surface area is 88.1 Å². The van der Waals surface area contributed by atoms with Gasteiger partial charge in [0.05, 0.1) is 25.4 Å². The van der Waals surface area contributed by atoms with Crippen LogP contribution in [-0.2, 0) is 14.2 Å². The van der Waals surface area contributed by atoms with Crippen LogP contribution in [0.5, 0.6) is 0 Å². The van der Waals surface area contributed by atoms with E-state index in [-0.39, 0.29) is 30.5 Å². The number of hydrogen-bond acceptors (Lipinski definition) is 4. The Morgan fingerprint density at radius 2 is 2.07 bits per heavy atom. The first-order valence-corrected chi connectivity index (χ1v) is 5.15. The van der Waals surface area contributed by atoms with E-state index in [1.807, 2.05) is 13.8 Å². The number of rotatable bonds is 1. The molecule has 2 saturated heterocycles. The number of hydrogen-bond donors (Lipinski definition) is 0. The lowest BCUT2D eigenvalue weighted by Gasteiger charge is -2.43. The van der Waals surface area contributed by atoms with Crippen LogP contribution < -0.4 is 0 Å². The number of ether oxygens (including phenoxy) is 3. The van der Waals surface area contributed by atoms with E-state index in [0.717, 1.165) is 0 Å². The zero-order valence-electron chi connectivity index (χ0n) is 8.87. The van der Waals surface area contributed by atoms with Gasteiger partial charge >= 0.3 is 0 Å². The molecule has 2 rings (SSSR count). The Kier molecular flexibility index (Phi) is 3.11. The van der Waals surface area contributed by atoms with Gasteiger partial charge in [0.15, 0.2) is 6.29 Å². The molecular formula is C9H15N3O3. The minimum absolute atomic E-state index is 0.104. The minimum atomic E-state index is -0.253. The molecule has 6 heteroatoms. The first-order chi connectivity index (χ1) is 7.22. The Morgan fingerprint density at radius 3 is 2.80 bits per heavy atom. The Morgan fingerprint density at radius 1 is 1.27 bits per heavy atom. The summed E-state index contributed by atoms with van der Waals surface area (Å²) in [5, 5.41) is 3.80.